The number of nitrogens with zero attached hydrogens (tertiary/aromatic N) is 2. The molecule has 80 valence electrons. The lowest BCUT2D eigenvalue weighted by Gasteiger charge is -2.45. The summed E-state index contributed by atoms with van der Waals surface area (Å²) >= 11 is 0. The number of nitrogens with one attached hydrogen (secondary N) is 2. The molecule has 3 saturated heterocycles. The first kappa shape index (κ1) is 9.73. The number of nitrogens with two attached hydrogens (primary N) is 1. The maximum Gasteiger partial charge on any atom is 0.205 e. The van der Waals surface area contributed by atoms with Crippen molar-refractivity contribution in [3.8, 4) is 0 Å². The molecule has 3 rings (SSSR count). The van der Waals surface area contributed by atoms with Gasteiger partial charge >= 0.3 is 0 Å². The van der Waals surface area contributed by atoms with Crippen LogP contribution in [0.3, 0.4) is 0 Å². The van der Waals surface area contributed by atoms with E-state index >= 15 is 0 Å². The second-order valence-electron chi connectivity index (χ2n) is 4.11. The van der Waals surface area contributed by atoms with Crippen LogP contribution >= 0.6 is 0 Å². The Morgan fingerprint density at radius 1 is 1.43 bits per heavy atom. The van der Waals surface area contributed by atoms with E-state index in [0.717, 1.165) is 12.5 Å². The molecule has 0 spiro atoms. The fourth-order valence-corrected chi connectivity index (χ4v) is 2.47. The summed E-state index contributed by atoms with van der Waals surface area (Å²) in [6, 6.07) is 0.521. The Balaban J connectivity index is 1.92. The molecule has 0 amide bonds. The van der Waals surface area contributed by atoms with E-state index in [4.69, 9.17) is 5.84 Å². The van der Waals surface area contributed by atoms with Gasteiger partial charge in [0.2, 0.25) is 5.96 Å². The molecule has 1 atom stereocenters. The summed E-state index contributed by atoms with van der Waals surface area (Å²) in [5.74, 6) is 6.84. The molecule has 14 heavy (non-hydrogen) atoms. The first-order valence-electron chi connectivity index (χ1n) is 5.25. The van der Waals surface area contributed by atoms with Gasteiger partial charge < -0.3 is 10.2 Å². The van der Waals surface area contributed by atoms with Crippen molar-refractivity contribution in [1.29, 1.82) is 0 Å². The molecule has 3 aliphatic rings. The molecule has 0 aromatic heterocycles. The molecule has 5 nitrogen and oxygen atoms in total. The zero-order chi connectivity index (χ0) is 9.97. The Morgan fingerprint density at radius 3 is 2.57 bits per heavy atom. The highest BCUT2D eigenvalue weighted by Gasteiger charge is 2.34. The molecule has 2 bridgehead atoms. The Kier molecular flexibility index (Phi) is 2.88. The summed E-state index contributed by atoms with van der Waals surface area (Å²) in [5, 5.41) is 3.36. The number of aliphatic imine (C=N–C) groups is 1. The van der Waals surface area contributed by atoms with E-state index in [0.29, 0.717) is 12.0 Å². The molecule has 5 heteroatoms. The SMILES string of the molecule is CN=C(NN)NC1CN2CCC1CC2. The van der Waals surface area contributed by atoms with Gasteiger partial charge in [-0.1, -0.05) is 0 Å². The third kappa shape index (κ3) is 1.83. The van der Waals surface area contributed by atoms with Gasteiger partial charge in [-0.05, 0) is 31.8 Å². The number of hydrogen-bond donors (Lipinski definition) is 3. The number of hydrogen-bond acceptors (Lipinski definition) is 3. The first-order valence-corrected chi connectivity index (χ1v) is 5.25. The number of fused-ring (bicyclic) bond motifs is 3. The predicted octanol–water partition coefficient (Wildman–Crippen LogP) is -0.881. The van der Waals surface area contributed by atoms with Gasteiger partial charge in [-0.15, -0.1) is 0 Å². The van der Waals surface area contributed by atoms with Crippen molar-refractivity contribution >= 4 is 5.96 Å². The topological polar surface area (TPSA) is 65.7 Å². The number of rotatable bonds is 1. The average molecular weight is 197 g/mol. The second kappa shape index (κ2) is 4.14. The number of hydrazine groups is 1. The van der Waals surface area contributed by atoms with Crippen LogP contribution in [0.1, 0.15) is 12.8 Å². The van der Waals surface area contributed by atoms with E-state index in [-0.39, 0.29) is 0 Å². The minimum Gasteiger partial charge on any atom is -0.351 e. The second-order valence-corrected chi connectivity index (χ2v) is 4.11. The van der Waals surface area contributed by atoms with Crippen molar-refractivity contribution in [2.45, 2.75) is 18.9 Å². The van der Waals surface area contributed by atoms with Crippen LogP contribution in [-0.4, -0.2) is 43.6 Å². The minimum absolute atomic E-state index is 0.521. The maximum atomic E-state index is 5.34. The van der Waals surface area contributed by atoms with Crippen molar-refractivity contribution in [2.75, 3.05) is 26.7 Å². The molecular formula is C9H19N5. The van der Waals surface area contributed by atoms with Gasteiger partial charge in [-0.3, -0.25) is 10.4 Å². The van der Waals surface area contributed by atoms with Gasteiger partial charge in [-0.25, -0.2) is 5.84 Å². The van der Waals surface area contributed by atoms with E-state index in [1.54, 1.807) is 7.05 Å². The Hall–Kier alpha value is -0.810. The van der Waals surface area contributed by atoms with E-state index in [2.05, 4.69) is 20.6 Å². The average Bonchev–Trinajstić information content (AvgIpc) is 2.27. The molecule has 0 aliphatic carbocycles. The highest BCUT2D eigenvalue weighted by Crippen LogP contribution is 2.27. The van der Waals surface area contributed by atoms with Gasteiger partial charge in [0.05, 0.1) is 0 Å². The highest BCUT2D eigenvalue weighted by molar-refractivity contribution is 5.79. The van der Waals surface area contributed by atoms with Crippen LogP contribution in [0.4, 0.5) is 0 Å². The van der Waals surface area contributed by atoms with E-state index in [9.17, 15) is 0 Å². The van der Waals surface area contributed by atoms with Gasteiger partial charge in [0.15, 0.2) is 0 Å². The lowest BCUT2D eigenvalue weighted by atomic mass is 9.84. The van der Waals surface area contributed by atoms with E-state index in [1.807, 2.05) is 0 Å². The summed E-state index contributed by atoms with van der Waals surface area (Å²) in [6.07, 6.45) is 2.61. The standard InChI is InChI=1S/C9H19N5/c1-11-9(13-10)12-8-6-14-4-2-7(8)3-5-14/h7-8H,2-6,10H2,1H3,(H2,11,12,13). The molecule has 3 aliphatic heterocycles. The van der Waals surface area contributed by atoms with Crippen LogP contribution in [0.25, 0.3) is 0 Å². The van der Waals surface area contributed by atoms with Crippen LogP contribution in [-0.2, 0) is 0 Å². The molecule has 4 N–H and O–H groups in total. The normalized spacial score (nSPS) is 37.0. The van der Waals surface area contributed by atoms with Crippen molar-refractivity contribution in [3.05, 3.63) is 0 Å². The van der Waals surface area contributed by atoms with Crippen LogP contribution < -0.4 is 16.6 Å². The van der Waals surface area contributed by atoms with Crippen LogP contribution in [0, 0.1) is 5.92 Å². The van der Waals surface area contributed by atoms with Crippen molar-refractivity contribution < 1.29 is 0 Å². The predicted molar refractivity (Wildman–Crippen MR) is 56.8 cm³/mol. The Labute approximate surface area is 84.7 Å². The third-order valence-electron chi connectivity index (χ3n) is 3.34. The zero-order valence-electron chi connectivity index (χ0n) is 8.66. The summed E-state index contributed by atoms with van der Waals surface area (Å²) in [6.45, 7) is 3.65. The lowest BCUT2D eigenvalue weighted by molar-refractivity contribution is 0.0808. The largest absolute Gasteiger partial charge is 0.351 e. The quantitative estimate of drug-likeness (QED) is 0.221. The minimum atomic E-state index is 0.521. The maximum absolute atomic E-state index is 5.34. The summed E-state index contributed by atoms with van der Waals surface area (Å²) in [7, 11) is 1.74. The smallest absolute Gasteiger partial charge is 0.205 e. The first-order chi connectivity index (χ1) is 6.83. The number of piperidine rings is 3. The fraction of sp³-hybridized carbons (Fsp3) is 0.889. The highest BCUT2D eigenvalue weighted by atomic mass is 15.3. The van der Waals surface area contributed by atoms with E-state index < -0.39 is 0 Å². The van der Waals surface area contributed by atoms with Gasteiger partial charge in [0, 0.05) is 19.6 Å². The Morgan fingerprint density at radius 2 is 2.14 bits per heavy atom. The van der Waals surface area contributed by atoms with E-state index in [1.165, 1.54) is 25.9 Å². The summed E-state index contributed by atoms with van der Waals surface area (Å²) < 4.78 is 0. The molecule has 0 radical (unpaired) electrons. The molecule has 0 aromatic rings. The molecule has 0 aromatic carbocycles. The van der Waals surface area contributed by atoms with Crippen molar-refractivity contribution in [1.82, 2.24) is 15.6 Å². The van der Waals surface area contributed by atoms with Crippen molar-refractivity contribution in [3.63, 3.8) is 0 Å². The van der Waals surface area contributed by atoms with Crippen molar-refractivity contribution in [2.24, 2.45) is 16.8 Å². The number of guanidine groups is 1. The lowest BCUT2D eigenvalue weighted by Crippen LogP contribution is -2.59. The van der Waals surface area contributed by atoms with Crippen LogP contribution in [0.2, 0.25) is 0 Å². The molecule has 3 fully saturated rings. The molecular weight excluding hydrogens is 178 g/mol. The van der Waals surface area contributed by atoms with Gasteiger partial charge in [-0.2, -0.15) is 0 Å². The molecule has 1 unspecified atom stereocenters. The summed E-state index contributed by atoms with van der Waals surface area (Å²) in [5.41, 5.74) is 2.58. The monoisotopic (exact) mass is 197 g/mol. The molecule has 3 heterocycles. The summed E-state index contributed by atoms with van der Waals surface area (Å²) in [4.78, 5) is 6.54. The van der Waals surface area contributed by atoms with Gasteiger partial charge in [0.25, 0.3) is 0 Å². The molecule has 0 saturated carbocycles. The third-order valence-corrected chi connectivity index (χ3v) is 3.34. The van der Waals surface area contributed by atoms with Crippen LogP contribution in [0.15, 0.2) is 4.99 Å². The van der Waals surface area contributed by atoms with Gasteiger partial charge in [0.1, 0.15) is 0 Å². The van der Waals surface area contributed by atoms with Crippen LogP contribution in [0.5, 0.6) is 0 Å². The fourth-order valence-electron chi connectivity index (χ4n) is 2.47. The Bertz CT molecular complexity index is 219. The zero-order valence-corrected chi connectivity index (χ0v) is 8.66.